The van der Waals surface area contributed by atoms with Gasteiger partial charge in [-0.05, 0) is 41.8 Å². The van der Waals surface area contributed by atoms with E-state index in [-0.39, 0.29) is 22.0 Å². The van der Waals surface area contributed by atoms with Gasteiger partial charge in [-0.1, -0.05) is 6.07 Å². The molecule has 0 aliphatic rings. The largest absolute Gasteiger partial charge is 0.507 e. The molecule has 9 nitrogen and oxygen atoms in total. The van der Waals surface area contributed by atoms with E-state index in [2.05, 4.69) is 10.0 Å². The number of benzene rings is 1. The molecule has 0 bridgehead atoms. The summed E-state index contributed by atoms with van der Waals surface area (Å²) >= 11 is 1.04. The quantitative estimate of drug-likeness (QED) is 0.364. The van der Waals surface area contributed by atoms with Crippen LogP contribution in [0.25, 0.3) is 0 Å². The summed E-state index contributed by atoms with van der Waals surface area (Å²) in [5.41, 5.74) is -0.222. The van der Waals surface area contributed by atoms with Gasteiger partial charge in [0.1, 0.15) is 21.3 Å². The zero-order valence-corrected chi connectivity index (χ0v) is 16.5. The number of thiophene rings is 1. The topological polar surface area (TPSA) is 135 Å². The van der Waals surface area contributed by atoms with Crippen molar-refractivity contribution in [3.8, 4) is 5.75 Å². The Kier molecular flexibility index (Phi) is 6.20. The van der Waals surface area contributed by atoms with Crippen molar-refractivity contribution in [3.05, 3.63) is 65.4 Å². The van der Waals surface area contributed by atoms with Crippen molar-refractivity contribution < 1.29 is 32.3 Å². The summed E-state index contributed by atoms with van der Waals surface area (Å²) < 4.78 is 36.9. The maximum atomic E-state index is 12.3. The van der Waals surface area contributed by atoms with Crippen LogP contribution in [0.3, 0.4) is 0 Å². The smallest absolute Gasteiger partial charge is 0.342 e. The summed E-state index contributed by atoms with van der Waals surface area (Å²) in [4.78, 5) is 24.0. The van der Waals surface area contributed by atoms with Gasteiger partial charge in [0, 0.05) is 5.69 Å². The van der Waals surface area contributed by atoms with Crippen LogP contribution in [-0.4, -0.2) is 32.0 Å². The third kappa shape index (κ3) is 5.36. The molecule has 0 spiro atoms. The first-order chi connectivity index (χ1) is 13.8. The van der Waals surface area contributed by atoms with Gasteiger partial charge in [0.25, 0.3) is 15.9 Å². The first-order valence-corrected chi connectivity index (χ1v) is 10.6. The highest BCUT2D eigenvalue weighted by Crippen LogP contribution is 2.25. The number of sulfonamides is 1. The molecule has 3 rings (SSSR count). The number of amides is 1. The second-order valence-corrected chi connectivity index (χ2v) is 8.56. The molecule has 0 fully saturated rings. The Labute approximate surface area is 170 Å². The minimum absolute atomic E-state index is 0.0606. The average Bonchev–Trinajstić information content (AvgIpc) is 3.39. The fourth-order valence-corrected chi connectivity index (χ4v) is 4.29. The monoisotopic (exact) mass is 436 g/mol. The van der Waals surface area contributed by atoms with E-state index in [9.17, 15) is 23.1 Å². The Morgan fingerprint density at radius 2 is 2.00 bits per heavy atom. The van der Waals surface area contributed by atoms with Crippen molar-refractivity contribution in [2.45, 2.75) is 10.8 Å². The highest BCUT2D eigenvalue weighted by atomic mass is 32.2. The SMILES string of the molecule is O=C(COC(=O)c1cc(NS(=O)(=O)c2cccs2)ccc1O)NCc1ccco1. The van der Waals surface area contributed by atoms with Gasteiger partial charge in [0.2, 0.25) is 0 Å². The predicted octanol–water partition coefficient (Wildman–Crippen LogP) is 2.32. The standard InChI is InChI=1S/C18H16N2O7S2/c21-15-6-5-12(20-29(24,25)17-4-2-8-28-17)9-14(15)18(23)27-11-16(22)19-10-13-3-1-7-26-13/h1-9,20-21H,10-11H2,(H,19,22). The van der Waals surface area contributed by atoms with E-state index >= 15 is 0 Å². The number of nitrogens with one attached hydrogen (secondary N) is 2. The van der Waals surface area contributed by atoms with Gasteiger partial charge < -0.3 is 19.6 Å². The summed E-state index contributed by atoms with van der Waals surface area (Å²) in [5.74, 6) is -1.42. The van der Waals surface area contributed by atoms with E-state index in [4.69, 9.17) is 9.15 Å². The maximum Gasteiger partial charge on any atom is 0.342 e. The van der Waals surface area contributed by atoms with Crippen molar-refractivity contribution in [2.24, 2.45) is 0 Å². The number of hydrogen-bond acceptors (Lipinski definition) is 8. The Hall–Kier alpha value is -3.31. The van der Waals surface area contributed by atoms with Gasteiger partial charge in [-0.3, -0.25) is 9.52 Å². The minimum Gasteiger partial charge on any atom is -0.507 e. The highest BCUT2D eigenvalue weighted by Gasteiger charge is 2.19. The van der Waals surface area contributed by atoms with Crippen LogP contribution in [0.2, 0.25) is 0 Å². The molecule has 29 heavy (non-hydrogen) atoms. The van der Waals surface area contributed by atoms with Gasteiger partial charge in [-0.15, -0.1) is 11.3 Å². The summed E-state index contributed by atoms with van der Waals surface area (Å²) in [6.45, 7) is -0.446. The number of anilines is 1. The lowest BCUT2D eigenvalue weighted by Gasteiger charge is -2.10. The molecule has 0 saturated carbocycles. The number of aromatic hydroxyl groups is 1. The maximum absolute atomic E-state index is 12.3. The van der Waals surface area contributed by atoms with Gasteiger partial charge in [0.15, 0.2) is 6.61 Å². The lowest BCUT2D eigenvalue weighted by atomic mass is 10.2. The zero-order chi connectivity index (χ0) is 20.9. The van der Waals surface area contributed by atoms with Crippen LogP contribution in [0.1, 0.15) is 16.1 Å². The number of phenolic OH excluding ortho intramolecular Hbond substituents is 1. The third-order valence-electron chi connectivity index (χ3n) is 3.60. The molecule has 0 aliphatic carbocycles. The Bertz CT molecular complexity index is 1090. The number of rotatable bonds is 8. The van der Waals surface area contributed by atoms with E-state index in [0.717, 1.165) is 23.5 Å². The van der Waals surface area contributed by atoms with E-state index in [1.54, 1.807) is 23.6 Å². The lowest BCUT2D eigenvalue weighted by Crippen LogP contribution is -2.28. The average molecular weight is 436 g/mol. The summed E-state index contributed by atoms with van der Waals surface area (Å²) in [6, 6.07) is 9.95. The molecule has 0 atom stereocenters. The van der Waals surface area contributed by atoms with Crippen molar-refractivity contribution >= 4 is 38.9 Å². The number of esters is 1. The van der Waals surface area contributed by atoms with Crippen LogP contribution in [0, 0.1) is 0 Å². The summed E-state index contributed by atoms with van der Waals surface area (Å²) in [6.07, 6.45) is 1.46. The van der Waals surface area contributed by atoms with Crippen LogP contribution in [0.5, 0.6) is 5.75 Å². The van der Waals surface area contributed by atoms with Crippen LogP contribution in [0.4, 0.5) is 5.69 Å². The van der Waals surface area contributed by atoms with Crippen molar-refractivity contribution in [3.63, 3.8) is 0 Å². The van der Waals surface area contributed by atoms with Gasteiger partial charge in [-0.2, -0.15) is 0 Å². The van der Waals surface area contributed by atoms with Crippen LogP contribution in [-0.2, 0) is 26.1 Å². The number of phenols is 1. The molecule has 0 radical (unpaired) electrons. The zero-order valence-electron chi connectivity index (χ0n) is 14.8. The van der Waals surface area contributed by atoms with Gasteiger partial charge in [0.05, 0.1) is 12.8 Å². The van der Waals surface area contributed by atoms with Crippen molar-refractivity contribution in [1.82, 2.24) is 5.32 Å². The molecule has 1 aromatic carbocycles. The summed E-state index contributed by atoms with van der Waals surface area (Å²) in [7, 11) is -3.82. The molecule has 2 heterocycles. The van der Waals surface area contributed by atoms with Crippen molar-refractivity contribution in [2.75, 3.05) is 11.3 Å². The Balaban J connectivity index is 1.61. The van der Waals surface area contributed by atoms with E-state index in [1.807, 2.05) is 0 Å². The van der Waals surface area contributed by atoms with E-state index in [1.165, 1.54) is 18.4 Å². The second-order valence-electron chi connectivity index (χ2n) is 5.70. The third-order valence-corrected chi connectivity index (χ3v) is 6.38. The molecular weight excluding hydrogens is 420 g/mol. The molecule has 152 valence electrons. The molecule has 11 heteroatoms. The van der Waals surface area contributed by atoms with Crippen LogP contribution < -0.4 is 10.0 Å². The van der Waals surface area contributed by atoms with Crippen molar-refractivity contribution in [1.29, 1.82) is 0 Å². The molecule has 2 aromatic heterocycles. The number of ether oxygens (including phenoxy) is 1. The minimum atomic E-state index is -3.82. The van der Waals surface area contributed by atoms with Crippen LogP contribution in [0.15, 0.2) is 62.7 Å². The molecule has 0 unspecified atom stereocenters. The van der Waals surface area contributed by atoms with Gasteiger partial charge >= 0.3 is 5.97 Å². The first kappa shape index (κ1) is 20.4. The predicted molar refractivity (Wildman–Crippen MR) is 104 cm³/mol. The fourth-order valence-electron chi connectivity index (χ4n) is 2.24. The number of furan rings is 1. The van der Waals surface area contributed by atoms with E-state index < -0.39 is 34.3 Å². The molecule has 1 amide bonds. The normalized spacial score (nSPS) is 11.0. The highest BCUT2D eigenvalue weighted by molar-refractivity contribution is 7.94. The molecule has 3 aromatic rings. The molecular formula is C18H16N2O7S2. The first-order valence-electron chi connectivity index (χ1n) is 8.21. The summed E-state index contributed by atoms with van der Waals surface area (Å²) in [5, 5.41) is 14.0. The Morgan fingerprint density at radius 1 is 1.17 bits per heavy atom. The fraction of sp³-hybridized carbons (Fsp3) is 0.111. The second kappa shape index (κ2) is 8.80. The van der Waals surface area contributed by atoms with Crippen LogP contribution >= 0.6 is 11.3 Å². The molecule has 0 saturated heterocycles. The number of hydrogen-bond donors (Lipinski definition) is 3. The van der Waals surface area contributed by atoms with E-state index in [0.29, 0.717) is 5.76 Å². The number of carbonyl (C=O) groups excluding carboxylic acids is 2. The Morgan fingerprint density at radius 3 is 2.69 bits per heavy atom. The molecule has 0 aliphatic heterocycles. The number of carbonyl (C=O) groups is 2. The lowest BCUT2D eigenvalue weighted by molar-refractivity contribution is -0.124. The van der Waals surface area contributed by atoms with Gasteiger partial charge in [-0.25, -0.2) is 13.2 Å². The molecule has 3 N–H and O–H groups in total.